The molecule has 7 heteroatoms. The van der Waals surface area contributed by atoms with Crippen LogP contribution >= 0.6 is 24.8 Å². The van der Waals surface area contributed by atoms with Gasteiger partial charge in [0.25, 0.3) is 0 Å². The van der Waals surface area contributed by atoms with Crippen LogP contribution in [0, 0.1) is 0 Å². The summed E-state index contributed by atoms with van der Waals surface area (Å²) in [4.78, 5) is 0. The van der Waals surface area contributed by atoms with Crippen molar-refractivity contribution >= 4 is 42.1 Å². The Morgan fingerprint density at radius 1 is 1.10 bits per heavy atom. The van der Waals surface area contributed by atoms with Gasteiger partial charge in [-0.25, -0.2) is 0 Å². The van der Waals surface area contributed by atoms with Crippen LogP contribution in [-0.4, -0.2) is 10.2 Å². The molecule has 1 heterocycles. The van der Waals surface area contributed by atoms with Gasteiger partial charge in [0.15, 0.2) is 5.82 Å². The topological polar surface area (TPSA) is 107 Å². The summed E-state index contributed by atoms with van der Waals surface area (Å²) in [5, 5.41) is 5.93. The molecule has 0 aliphatic carbocycles. The van der Waals surface area contributed by atoms with Crippen molar-refractivity contribution in [1.29, 1.82) is 0 Å². The number of nitrogens with one attached hydrogen (secondary N) is 1. The van der Waals surface area contributed by atoms with E-state index in [0.717, 1.165) is 0 Å². The van der Waals surface area contributed by atoms with Crippen LogP contribution in [0.5, 0.6) is 0 Å². The zero-order valence-corrected chi connectivity index (χ0v) is 6.63. The van der Waals surface area contributed by atoms with E-state index in [-0.39, 0.29) is 30.6 Å². The van der Waals surface area contributed by atoms with Gasteiger partial charge in [0.05, 0.1) is 0 Å². The van der Waals surface area contributed by atoms with E-state index in [9.17, 15) is 0 Å². The average molecular weight is 186 g/mol. The highest BCUT2D eigenvalue weighted by atomic mass is 35.5. The van der Waals surface area contributed by atoms with Gasteiger partial charge in [-0.1, -0.05) is 0 Å². The van der Waals surface area contributed by atoms with E-state index in [4.69, 9.17) is 17.2 Å². The van der Waals surface area contributed by atoms with Crippen LogP contribution < -0.4 is 17.2 Å². The smallest absolute Gasteiger partial charge is 0.170 e. The number of rotatable bonds is 0. The molecule has 0 fully saturated rings. The summed E-state index contributed by atoms with van der Waals surface area (Å²) in [6.45, 7) is 0. The summed E-state index contributed by atoms with van der Waals surface area (Å²) >= 11 is 0. The van der Waals surface area contributed by atoms with Crippen molar-refractivity contribution in [3.05, 3.63) is 0 Å². The van der Waals surface area contributed by atoms with Gasteiger partial charge in [-0.15, -0.1) is 24.8 Å². The van der Waals surface area contributed by atoms with Gasteiger partial charge in [-0.3, -0.25) is 5.10 Å². The molecule has 0 atom stereocenters. The maximum atomic E-state index is 5.26. The molecule has 7 N–H and O–H groups in total. The van der Waals surface area contributed by atoms with E-state index in [1.54, 1.807) is 0 Å². The van der Waals surface area contributed by atoms with Crippen molar-refractivity contribution in [3.8, 4) is 0 Å². The van der Waals surface area contributed by atoms with Crippen LogP contribution in [0.3, 0.4) is 0 Å². The van der Waals surface area contributed by atoms with Crippen molar-refractivity contribution in [1.82, 2.24) is 10.2 Å². The van der Waals surface area contributed by atoms with Gasteiger partial charge in [0, 0.05) is 0 Å². The standard InChI is InChI=1S/C3H7N5.2ClH/c4-1-2(5)7-8-3(1)6;;/h4H2,(H5,5,6,7,8);2*1H. The number of H-pyrrole nitrogens is 1. The van der Waals surface area contributed by atoms with E-state index in [2.05, 4.69) is 10.2 Å². The third-order valence-electron chi connectivity index (χ3n) is 0.863. The molecule has 1 aromatic rings. The Bertz CT molecular complexity index is 177. The van der Waals surface area contributed by atoms with E-state index >= 15 is 0 Å². The van der Waals surface area contributed by atoms with E-state index in [1.807, 2.05) is 0 Å². The van der Waals surface area contributed by atoms with Gasteiger partial charge in [-0.2, -0.15) is 5.10 Å². The molecule has 0 amide bonds. The lowest BCUT2D eigenvalue weighted by Crippen LogP contribution is -1.94. The average Bonchev–Trinajstić information content (AvgIpc) is 1.98. The van der Waals surface area contributed by atoms with Crippen LogP contribution in [-0.2, 0) is 0 Å². The number of hydrogen-bond acceptors (Lipinski definition) is 4. The van der Waals surface area contributed by atoms with Gasteiger partial charge in [-0.05, 0) is 0 Å². The molecule has 0 saturated heterocycles. The van der Waals surface area contributed by atoms with Crippen LogP contribution in [0.15, 0.2) is 0 Å². The lowest BCUT2D eigenvalue weighted by atomic mass is 10.5. The van der Waals surface area contributed by atoms with Crippen molar-refractivity contribution in [2.75, 3.05) is 17.2 Å². The number of hydrogen-bond donors (Lipinski definition) is 4. The van der Waals surface area contributed by atoms with Crippen molar-refractivity contribution in [2.24, 2.45) is 0 Å². The Labute approximate surface area is 70.2 Å². The Morgan fingerprint density at radius 2 is 1.60 bits per heavy atom. The number of aromatic nitrogens is 2. The molecule has 0 unspecified atom stereocenters. The minimum absolute atomic E-state index is 0. The number of nitrogens with two attached hydrogens (primary N) is 3. The predicted molar refractivity (Wildman–Crippen MR) is 46.3 cm³/mol. The molecule has 0 saturated carbocycles. The molecular weight excluding hydrogens is 177 g/mol. The first-order valence-electron chi connectivity index (χ1n) is 2.06. The van der Waals surface area contributed by atoms with Crippen molar-refractivity contribution in [3.63, 3.8) is 0 Å². The summed E-state index contributed by atoms with van der Waals surface area (Å²) in [5.41, 5.74) is 16.0. The maximum Gasteiger partial charge on any atom is 0.170 e. The summed E-state index contributed by atoms with van der Waals surface area (Å²) in [6, 6.07) is 0. The second-order valence-electron chi connectivity index (χ2n) is 1.44. The number of halogens is 2. The Morgan fingerprint density at radius 3 is 1.70 bits per heavy atom. The Hall–Kier alpha value is -0.810. The molecule has 5 nitrogen and oxygen atoms in total. The fraction of sp³-hybridized carbons (Fsp3) is 0. The fourth-order valence-electron chi connectivity index (χ4n) is 0.379. The third-order valence-corrected chi connectivity index (χ3v) is 0.863. The Kier molecular flexibility index (Phi) is 4.86. The van der Waals surface area contributed by atoms with Crippen molar-refractivity contribution < 1.29 is 0 Å². The summed E-state index contributed by atoms with van der Waals surface area (Å²) in [5.74, 6) is 0.574. The summed E-state index contributed by atoms with van der Waals surface area (Å²) in [7, 11) is 0. The molecule has 0 radical (unpaired) electrons. The molecule has 0 spiro atoms. The van der Waals surface area contributed by atoms with E-state index in [1.165, 1.54) is 0 Å². The fourth-order valence-corrected chi connectivity index (χ4v) is 0.379. The lowest BCUT2D eigenvalue weighted by Gasteiger charge is -1.84. The zero-order chi connectivity index (χ0) is 6.15. The van der Waals surface area contributed by atoms with Crippen LogP contribution in [0.4, 0.5) is 17.3 Å². The summed E-state index contributed by atoms with van der Waals surface area (Å²) < 4.78 is 0. The summed E-state index contributed by atoms with van der Waals surface area (Å²) in [6.07, 6.45) is 0. The number of nitrogens with zero attached hydrogens (tertiary/aromatic N) is 1. The van der Waals surface area contributed by atoms with Crippen LogP contribution in [0.25, 0.3) is 0 Å². The first-order valence-corrected chi connectivity index (χ1v) is 2.06. The van der Waals surface area contributed by atoms with E-state index in [0.29, 0.717) is 11.5 Å². The first-order chi connectivity index (χ1) is 3.72. The second-order valence-corrected chi connectivity index (χ2v) is 1.44. The van der Waals surface area contributed by atoms with Gasteiger partial charge >= 0.3 is 0 Å². The molecule has 0 aromatic carbocycles. The van der Waals surface area contributed by atoms with E-state index < -0.39 is 0 Å². The van der Waals surface area contributed by atoms with Gasteiger partial charge in [0.2, 0.25) is 0 Å². The number of anilines is 3. The molecule has 1 aromatic heterocycles. The minimum atomic E-state index is 0. The molecular formula is C3H9Cl2N5. The Balaban J connectivity index is 0. The molecule has 0 aliphatic heterocycles. The minimum Gasteiger partial charge on any atom is -0.393 e. The highest BCUT2D eigenvalue weighted by Gasteiger charge is 1.99. The first kappa shape index (κ1) is 11.9. The van der Waals surface area contributed by atoms with Crippen molar-refractivity contribution in [2.45, 2.75) is 0 Å². The normalized spacial score (nSPS) is 7.60. The number of aromatic amines is 1. The lowest BCUT2D eigenvalue weighted by molar-refractivity contribution is 1.11. The quantitative estimate of drug-likeness (QED) is 0.457. The molecule has 60 valence electrons. The van der Waals surface area contributed by atoms with Gasteiger partial charge < -0.3 is 17.2 Å². The maximum absolute atomic E-state index is 5.26. The largest absolute Gasteiger partial charge is 0.393 e. The van der Waals surface area contributed by atoms with Crippen LogP contribution in [0.2, 0.25) is 0 Å². The predicted octanol–water partition coefficient (Wildman–Crippen LogP) is -0.000100. The highest BCUT2D eigenvalue weighted by molar-refractivity contribution is 5.85. The van der Waals surface area contributed by atoms with Gasteiger partial charge in [0.1, 0.15) is 11.5 Å². The third kappa shape index (κ3) is 1.85. The molecule has 1 rings (SSSR count). The molecule has 0 aliphatic rings. The monoisotopic (exact) mass is 185 g/mol. The van der Waals surface area contributed by atoms with Crippen LogP contribution in [0.1, 0.15) is 0 Å². The second kappa shape index (κ2) is 4.08. The SMILES string of the molecule is Cl.Cl.Nc1n[nH]c(N)c1N. The zero-order valence-electron chi connectivity index (χ0n) is 5.00. The number of nitrogen functional groups attached to an aromatic ring is 3. The molecule has 0 bridgehead atoms. The molecule has 10 heavy (non-hydrogen) atoms. The highest BCUT2D eigenvalue weighted by Crippen LogP contribution is 2.15.